The number of rotatable bonds is 5. The van der Waals surface area contributed by atoms with Crippen molar-refractivity contribution in [3.63, 3.8) is 0 Å². The van der Waals surface area contributed by atoms with Gasteiger partial charge in [0.2, 0.25) is 0 Å². The molecule has 0 aliphatic carbocycles. The number of esters is 1. The Bertz CT molecular complexity index is 782. The number of nitrogens with zero attached hydrogens (tertiary/aromatic N) is 3. The molecule has 0 fully saturated rings. The zero-order valence-corrected chi connectivity index (χ0v) is 12.6. The number of aromatic nitrogens is 2. The van der Waals surface area contributed by atoms with Crippen LogP contribution in [-0.2, 0) is 9.53 Å². The number of carbonyl (C=O) groups is 1. The highest BCUT2D eigenvalue weighted by Gasteiger charge is 2.19. The van der Waals surface area contributed by atoms with E-state index in [9.17, 15) is 19.7 Å². The van der Waals surface area contributed by atoms with Crippen molar-refractivity contribution in [1.82, 2.24) is 9.78 Å². The lowest BCUT2D eigenvalue weighted by Gasteiger charge is -2.13. The molecule has 8 nitrogen and oxygen atoms in total. The van der Waals surface area contributed by atoms with Gasteiger partial charge in [0.05, 0.1) is 17.2 Å². The van der Waals surface area contributed by atoms with Gasteiger partial charge in [-0.25, -0.2) is 9.48 Å². The molecule has 23 heavy (non-hydrogen) atoms. The first kappa shape index (κ1) is 16.3. The van der Waals surface area contributed by atoms with Gasteiger partial charge >= 0.3 is 5.97 Å². The molecule has 0 saturated heterocycles. The molecule has 1 heterocycles. The van der Waals surface area contributed by atoms with Crippen LogP contribution in [0.15, 0.2) is 41.2 Å². The van der Waals surface area contributed by atoms with Gasteiger partial charge in [0.15, 0.2) is 6.04 Å². The third-order valence-corrected chi connectivity index (χ3v) is 3.19. The molecule has 0 aliphatic rings. The van der Waals surface area contributed by atoms with Crippen LogP contribution < -0.4 is 5.56 Å². The predicted octanol–water partition coefficient (Wildman–Crippen LogP) is 1.94. The van der Waals surface area contributed by atoms with E-state index < -0.39 is 22.5 Å². The fraction of sp³-hybridized carbons (Fsp3) is 0.267. The average Bonchev–Trinajstić information content (AvgIpc) is 2.55. The summed E-state index contributed by atoms with van der Waals surface area (Å²) in [5, 5.41) is 14.8. The van der Waals surface area contributed by atoms with Crippen molar-refractivity contribution < 1.29 is 14.5 Å². The van der Waals surface area contributed by atoms with Crippen LogP contribution in [0.25, 0.3) is 11.3 Å². The van der Waals surface area contributed by atoms with Crippen LogP contribution in [0.5, 0.6) is 0 Å². The molecule has 0 spiro atoms. The average molecular weight is 317 g/mol. The number of nitro groups is 1. The molecule has 8 heteroatoms. The smallest absolute Gasteiger partial charge is 0.330 e. The molecule has 0 radical (unpaired) electrons. The fourth-order valence-corrected chi connectivity index (χ4v) is 1.97. The number of benzene rings is 1. The molecule has 2 rings (SSSR count). The number of hydrogen-bond donors (Lipinski definition) is 0. The molecular weight excluding hydrogens is 302 g/mol. The molecular formula is C15H15N3O5. The Balaban J connectivity index is 2.38. The first-order valence-corrected chi connectivity index (χ1v) is 6.95. The summed E-state index contributed by atoms with van der Waals surface area (Å²) in [7, 11) is 0. The van der Waals surface area contributed by atoms with Gasteiger partial charge in [-0.2, -0.15) is 5.10 Å². The summed E-state index contributed by atoms with van der Waals surface area (Å²) in [6.45, 7) is 3.40. The van der Waals surface area contributed by atoms with Gasteiger partial charge in [-0.1, -0.05) is 0 Å². The molecule has 1 aromatic heterocycles. The summed E-state index contributed by atoms with van der Waals surface area (Å²) in [5.74, 6) is -0.553. The van der Waals surface area contributed by atoms with Crippen molar-refractivity contribution in [2.24, 2.45) is 0 Å². The normalized spacial score (nSPS) is 11.7. The molecule has 0 saturated carbocycles. The fourth-order valence-electron chi connectivity index (χ4n) is 1.97. The van der Waals surface area contributed by atoms with Crippen LogP contribution in [0, 0.1) is 10.1 Å². The first-order valence-electron chi connectivity index (χ1n) is 6.95. The van der Waals surface area contributed by atoms with Gasteiger partial charge in [0.1, 0.15) is 0 Å². The molecule has 1 aromatic carbocycles. The molecule has 0 bridgehead atoms. The van der Waals surface area contributed by atoms with Crippen LogP contribution in [0.1, 0.15) is 19.9 Å². The van der Waals surface area contributed by atoms with Gasteiger partial charge < -0.3 is 4.74 Å². The lowest BCUT2D eigenvalue weighted by molar-refractivity contribution is -0.384. The number of hydrogen-bond acceptors (Lipinski definition) is 6. The monoisotopic (exact) mass is 317 g/mol. The highest BCUT2D eigenvalue weighted by atomic mass is 16.6. The third-order valence-electron chi connectivity index (χ3n) is 3.19. The standard InChI is InChI=1S/C15H15N3O5/c1-3-23-15(20)10(2)17-14(19)9-8-13(16-17)11-4-6-12(7-5-11)18(21)22/h4-10H,3H2,1-2H3. The van der Waals surface area contributed by atoms with E-state index >= 15 is 0 Å². The van der Waals surface area contributed by atoms with Gasteiger partial charge in [-0.15, -0.1) is 0 Å². The molecule has 1 unspecified atom stereocenters. The molecule has 120 valence electrons. The van der Waals surface area contributed by atoms with Gasteiger partial charge in [-0.3, -0.25) is 14.9 Å². The second-order valence-electron chi connectivity index (χ2n) is 4.73. The van der Waals surface area contributed by atoms with Crippen LogP contribution >= 0.6 is 0 Å². The molecule has 0 N–H and O–H groups in total. The maximum absolute atomic E-state index is 11.9. The first-order chi connectivity index (χ1) is 10.9. The van der Waals surface area contributed by atoms with E-state index in [0.717, 1.165) is 4.68 Å². The SMILES string of the molecule is CCOC(=O)C(C)n1nc(-c2ccc([N+](=O)[O-])cc2)ccc1=O. The summed E-state index contributed by atoms with van der Waals surface area (Å²) in [6.07, 6.45) is 0. The van der Waals surface area contributed by atoms with E-state index in [1.54, 1.807) is 6.92 Å². The Kier molecular flexibility index (Phi) is 4.85. The zero-order valence-electron chi connectivity index (χ0n) is 12.6. The summed E-state index contributed by atoms with van der Waals surface area (Å²) in [6, 6.07) is 7.69. The van der Waals surface area contributed by atoms with Crippen LogP contribution in [0.2, 0.25) is 0 Å². The molecule has 0 aliphatic heterocycles. The minimum atomic E-state index is -0.861. The van der Waals surface area contributed by atoms with Gasteiger partial charge in [-0.05, 0) is 32.0 Å². The summed E-state index contributed by atoms with van der Waals surface area (Å²) in [4.78, 5) is 33.8. The van der Waals surface area contributed by atoms with Gasteiger partial charge in [0, 0.05) is 23.8 Å². The van der Waals surface area contributed by atoms with Gasteiger partial charge in [0.25, 0.3) is 11.2 Å². The van der Waals surface area contributed by atoms with Crippen molar-refractivity contribution in [2.75, 3.05) is 6.61 Å². The summed E-state index contributed by atoms with van der Waals surface area (Å²) >= 11 is 0. The topological polar surface area (TPSA) is 104 Å². The van der Waals surface area contributed by atoms with Crippen molar-refractivity contribution in [2.45, 2.75) is 19.9 Å². The van der Waals surface area contributed by atoms with Crippen molar-refractivity contribution >= 4 is 11.7 Å². The number of nitro benzene ring substituents is 1. The lowest BCUT2D eigenvalue weighted by atomic mass is 10.1. The number of carbonyl (C=O) groups excluding carboxylic acids is 1. The third kappa shape index (κ3) is 3.60. The molecule has 2 aromatic rings. The Hall–Kier alpha value is -3.03. The van der Waals surface area contributed by atoms with Crippen molar-refractivity contribution in [3.05, 3.63) is 56.9 Å². The quantitative estimate of drug-likeness (QED) is 0.474. The highest BCUT2D eigenvalue weighted by molar-refractivity contribution is 5.73. The zero-order chi connectivity index (χ0) is 17.0. The van der Waals surface area contributed by atoms with E-state index in [4.69, 9.17) is 4.74 Å². The highest BCUT2D eigenvalue weighted by Crippen LogP contribution is 2.20. The lowest BCUT2D eigenvalue weighted by Crippen LogP contribution is -2.31. The Morgan fingerprint density at radius 1 is 1.30 bits per heavy atom. The second-order valence-corrected chi connectivity index (χ2v) is 4.73. The maximum Gasteiger partial charge on any atom is 0.330 e. The Labute approximate surface area is 131 Å². The van der Waals surface area contributed by atoms with E-state index in [1.165, 1.54) is 43.3 Å². The summed E-state index contributed by atoms with van der Waals surface area (Å²) < 4.78 is 5.92. The van der Waals surface area contributed by atoms with E-state index in [2.05, 4.69) is 5.10 Å². The Morgan fingerprint density at radius 3 is 2.52 bits per heavy atom. The molecule has 1 atom stereocenters. The minimum absolute atomic E-state index is 0.0398. The predicted molar refractivity (Wildman–Crippen MR) is 81.9 cm³/mol. The Morgan fingerprint density at radius 2 is 1.96 bits per heavy atom. The second kappa shape index (κ2) is 6.82. The molecule has 0 amide bonds. The minimum Gasteiger partial charge on any atom is -0.464 e. The number of ether oxygens (including phenoxy) is 1. The van der Waals surface area contributed by atoms with Crippen LogP contribution in [0.3, 0.4) is 0 Å². The largest absolute Gasteiger partial charge is 0.464 e. The maximum atomic E-state index is 11.9. The van der Waals surface area contributed by atoms with E-state index in [1.807, 2.05) is 0 Å². The van der Waals surface area contributed by atoms with E-state index in [-0.39, 0.29) is 12.3 Å². The van der Waals surface area contributed by atoms with Crippen LogP contribution in [0.4, 0.5) is 5.69 Å². The number of non-ortho nitro benzene ring substituents is 1. The van der Waals surface area contributed by atoms with Crippen molar-refractivity contribution in [1.29, 1.82) is 0 Å². The van der Waals surface area contributed by atoms with Crippen molar-refractivity contribution in [3.8, 4) is 11.3 Å². The van der Waals surface area contributed by atoms with E-state index in [0.29, 0.717) is 11.3 Å². The van der Waals surface area contributed by atoms with Crippen LogP contribution in [-0.4, -0.2) is 27.3 Å². The summed E-state index contributed by atoms with van der Waals surface area (Å²) in [5.41, 5.74) is 0.550.